The van der Waals surface area contributed by atoms with Crippen molar-refractivity contribution in [1.82, 2.24) is 14.1 Å². The number of rotatable bonds is 3. The molecule has 0 radical (unpaired) electrons. The molecule has 0 spiro atoms. The molecule has 1 unspecified atom stereocenters. The Morgan fingerprint density at radius 3 is 2.89 bits per heavy atom. The first-order valence-corrected chi connectivity index (χ1v) is 7.14. The maximum absolute atomic E-state index is 12.0. The van der Waals surface area contributed by atoms with Crippen LogP contribution in [-0.2, 0) is 17.5 Å². The molecule has 19 heavy (non-hydrogen) atoms. The number of hydrogen-bond donors (Lipinski definition) is 1. The second-order valence-electron chi connectivity index (χ2n) is 5.25. The van der Waals surface area contributed by atoms with Gasteiger partial charge in [-0.25, -0.2) is 13.9 Å². The molecule has 0 saturated heterocycles. The lowest BCUT2D eigenvalue weighted by atomic mass is 10.2. The quantitative estimate of drug-likeness (QED) is 0.869. The summed E-state index contributed by atoms with van der Waals surface area (Å²) in [5.41, 5.74) is 2.59. The first kappa shape index (κ1) is 13.8. The summed E-state index contributed by atoms with van der Waals surface area (Å²) in [7, 11) is -1.11. The molecule has 100 valence electrons. The molecule has 0 bridgehead atoms. The molecule has 4 nitrogen and oxygen atoms in total. The van der Waals surface area contributed by atoms with Crippen molar-refractivity contribution in [2.24, 2.45) is 0 Å². The van der Waals surface area contributed by atoms with Crippen LogP contribution in [0, 0.1) is 12.3 Å². The average Bonchev–Trinajstić information content (AvgIpc) is 2.76. The monoisotopic (exact) mass is 275 g/mol. The highest BCUT2D eigenvalue weighted by Crippen LogP contribution is 2.13. The lowest BCUT2D eigenvalue weighted by Crippen LogP contribution is -2.33. The zero-order valence-electron chi connectivity index (χ0n) is 11.3. The first-order valence-electron chi connectivity index (χ1n) is 5.99. The Morgan fingerprint density at radius 1 is 1.53 bits per heavy atom. The van der Waals surface area contributed by atoms with Gasteiger partial charge in [0.15, 0.2) is 0 Å². The van der Waals surface area contributed by atoms with Crippen LogP contribution in [0.1, 0.15) is 32.0 Å². The highest BCUT2D eigenvalue weighted by Gasteiger charge is 2.19. The van der Waals surface area contributed by atoms with Crippen LogP contribution >= 0.6 is 0 Å². The Morgan fingerprint density at radius 2 is 2.26 bits per heavy atom. The lowest BCUT2D eigenvalue weighted by molar-refractivity contribution is 0.634. The van der Waals surface area contributed by atoms with Crippen LogP contribution in [-0.4, -0.2) is 18.3 Å². The maximum Gasteiger partial charge on any atom is 0.0996 e. The Bertz CT molecular complexity index is 661. The van der Waals surface area contributed by atoms with Crippen LogP contribution < -0.4 is 4.72 Å². The molecule has 1 N–H and O–H groups in total. The van der Waals surface area contributed by atoms with Gasteiger partial charge in [-0.15, -0.1) is 6.42 Å². The largest absolute Gasteiger partial charge is 0.306 e. The van der Waals surface area contributed by atoms with E-state index in [9.17, 15) is 4.21 Å². The van der Waals surface area contributed by atoms with E-state index in [0.29, 0.717) is 6.54 Å². The minimum absolute atomic E-state index is 0.292. The van der Waals surface area contributed by atoms with Crippen LogP contribution in [0.3, 0.4) is 0 Å². The van der Waals surface area contributed by atoms with Crippen LogP contribution in [0.15, 0.2) is 24.7 Å². The molecule has 2 aromatic rings. The fourth-order valence-corrected chi connectivity index (χ4v) is 2.32. The molecule has 0 amide bonds. The molecule has 0 aliphatic carbocycles. The van der Waals surface area contributed by atoms with Crippen molar-refractivity contribution < 1.29 is 4.21 Å². The van der Waals surface area contributed by atoms with Gasteiger partial charge in [-0.3, -0.25) is 0 Å². The zero-order chi connectivity index (χ0) is 14.0. The molecular formula is C14H17N3OS. The molecule has 2 rings (SSSR count). The Balaban J connectivity index is 2.22. The fraction of sp³-hybridized carbons (Fsp3) is 0.357. The van der Waals surface area contributed by atoms with Crippen molar-refractivity contribution in [1.29, 1.82) is 0 Å². The zero-order valence-corrected chi connectivity index (χ0v) is 12.1. The van der Waals surface area contributed by atoms with Crippen molar-refractivity contribution in [3.63, 3.8) is 0 Å². The fourth-order valence-electron chi connectivity index (χ4n) is 1.62. The summed E-state index contributed by atoms with van der Waals surface area (Å²) in [6, 6.07) is 3.77. The Labute approximate surface area is 115 Å². The van der Waals surface area contributed by atoms with E-state index in [1.807, 2.05) is 43.5 Å². The van der Waals surface area contributed by atoms with E-state index < -0.39 is 11.0 Å². The third kappa shape index (κ3) is 3.03. The summed E-state index contributed by atoms with van der Waals surface area (Å²) in [6.07, 6.45) is 9.00. The summed E-state index contributed by atoms with van der Waals surface area (Å²) in [6.45, 7) is 6.24. The molecule has 1 atom stereocenters. The van der Waals surface area contributed by atoms with Crippen molar-refractivity contribution >= 4 is 16.5 Å². The van der Waals surface area contributed by atoms with E-state index in [2.05, 4.69) is 15.6 Å². The van der Waals surface area contributed by atoms with Gasteiger partial charge in [-0.1, -0.05) is 5.92 Å². The molecule has 0 aliphatic rings. The summed E-state index contributed by atoms with van der Waals surface area (Å²) in [4.78, 5) is 4.32. The predicted molar refractivity (Wildman–Crippen MR) is 77.9 cm³/mol. The average molecular weight is 275 g/mol. The van der Waals surface area contributed by atoms with Crippen LogP contribution in [0.4, 0.5) is 0 Å². The standard InChI is InChI=1S/C14H17N3OS/c1-5-11-6-7-17-10-15-12(13(17)8-11)9-16-19(18)14(2,3)4/h1,6-8,10,16H,9H2,2-4H3. The van der Waals surface area contributed by atoms with Crippen molar-refractivity contribution in [2.45, 2.75) is 32.1 Å². The third-order valence-electron chi connectivity index (χ3n) is 2.71. The second kappa shape index (κ2) is 5.16. The third-order valence-corrected chi connectivity index (χ3v) is 4.23. The molecule has 0 aromatic carbocycles. The molecule has 0 aliphatic heterocycles. The molecular weight excluding hydrogens is 258 g/mol. The number of terminal acetylenes is 1. The highest BCUT2D eigenvalue weighted by molar-refractivity contribution is 7.84. The summed E-state index contributed by atoms with van der Waals surface area (Å²) in [5, 5.41) is 0. The SMILES string of the molecule is C#Cc1ccn2cnc(CNS(=O)C(C)(C)C)c2c1. The van der Waals surface area contributed by atoms with Crippen molar-refractivity contribution in [2.75, 3.05) is 0 Å². The normalized spacial score (nSPS) is 13.4. The molecule has 5 heteroatoms. The van der Waals surface area contributed by atoms with Gasteiger partial charge < -0.3 is 4.40 Å². The first-order chi connectivity index (χ1) is 8.91. The van der Waals surface area contributed by atoms with E-state index in [4.69, 9.17) is 6.42 Å². The highest BCUT2D eigenvalue weighted by atomic mass is 32.2. The number of hydrogen-bond acceptors (Lipinski definition) is 2. The van der Waals surface area contributed by atoms with E-state index in [1.54, 1.807) is 6.33 Å². The molecule has 0 saturated carbocycles. The summed E-state index contributed by atoms with van der Waals surface area (Å²) in [5.74, 6) is 2.60. The lowest BCUT2D eigenvalue weighted by Gasteiger charge is -2.17. The molecule has 2 heterocycles. The van der Waals surface area contributed by atoms with E-state index >= 15 is 0 Å². The van der Waals surface area contributed by atoms with E-state index in [0.717, 1.165) is 16.8 Å². The molecule has 0 fully saturated rings. The van der Waals surface area contributed by atoms with Gasteiger partial charge in [0.2, 0.25) is 0 Å². The van der Waals surface area contributed by atoms with Gasteiger partial charge in [-0.2, -0.15) is 0 Å². The predicted octanol–water partition coefficient (Wildman–Crippen LogP) is 1.87. The minimum Gasteiger partial charge on any atom is -0.306 e. The smallest absolute Gasteiger partial charge is 0.0996 e. The van der Waals surface area contributed by atoms with Gasteiger partial charge in [0.1, 0.15) is 0 Å². The number of nitrogens with one attached hydrogen (secondary N) is 1. The topological polar surface area (TPSA) is 46.4 Å². The van der Waals surface area contributed by atoms with Crippen molar-refractivity contribution in [3.8, 4) is 12.3 Å². The molecule has 2 aromatic heterocycles. The minimum atomic E-state index is -1.11. The Hall–Kier alpha value is -1.64. The number of fused-ring (bicyclic) bond motifs is 1. The van der Waals surface area contributed by atoms with Crippen LogP contribution in [0.25, 0.3) is 5.52 Å². The van der Waals surface area contributed by atoms with Gasteiger partial charge in [0.25, 0.3) is 0 Å². The summed E-state index contributed by atoms with van der Waals surface area (Å²) >= 11 is 0. The number of pyridine rings is 1. The Kier molecular flexibility index (Phi) is 3.74. The maximum atomic E-state index is 12.0. The second-order valence-corrected chi connectivity index (χ2v) is 7.30. The number of nitrogens with zero attached hydrogens (tertiary/aromatic N) is 2. The van der Waals surface area contributed by atoms with E-state index in [-0.39, 0.29) is 4.75 Å². The van der Waals surface area contributed by atoms with Gasteiger partial charge in [-0.05, 0) is 32.9 Å². The van der Waals surface area contributed by atoms with E-state index in [1.165, 1.54) is 0 Å². The van der Waals surface area contributed by atoms with Gasteiger partial charge >= 0.3 is 0 Å². The number of aromatic nitrogens is 2. The van der Waals surface area contributed by atoms with Crippen LogP contribution in [0.5, 0.6) is 0 Å². The van der Waals surface area contributed by atoms with Gasteiger partial charge in [0.05, 0.1) is 39.8 Å². The summed E-state index contributed by atoms with van der Waals surface area (Å²) < 4.78 is 16.6. The number of imidazole rings is 1. The van der Waals surface area contributed by atoms with Gasteiger partial charge in [0, 0.05) is 11.8 Å². The van der Waals surface area contributed by atoms with Crippen LogP contribution in [0.2, 0.25) is 0 Å². The van der Waals surface area contributed by atoms with Crippen molar-refractivity contribution in [3.05, 3.63) is 35.9 Å².